The monoisotopic (exact) mass is 247 g/mol. The van der Waals surface area contributed by atoms with Crippen molar-refractivity contribution in [2.45, 2.75) is 25.8 Å². The molecule has 1 atom stereocenters. The zero-order valence-corrected chi connectivity index (χ0v) is 10.9. The van der Waals surface area contributed by atoms with E-state index in [1.54, 1.807) is 0 Å². The van der Waals surface area contributed by atoms with Crippen LogP contribution in [0, 0.1) is 6.92 Å². The van der Waals surface area contributed by atoms with Crippen LogP contribution in [0.4, 0.5) is 5.69 Å². The van der Waals surface area contributed by atoms with Crippen molar-refractivity contribution in [3.8, 4) is 0 Å². The molecule has 0 aliphatic carbocycles. The molecule has 1 fully saturated rings. The first-order valence-electron chi connectivity index (χ1n) is 6.53. The number of hydrogen-bond donors (Lipinski definition) is 2. The van der Waals surface area contributed by atoms with Crippen molar-refractivity contribution in [2.75, 3.05) is 24.5 Å². The molecule has 0 aromatic heterocycles. The Kier molecular flexibility index (Phi) is 4.20. The highest BCUT2D eigenvalue weighted by atomic mass is 16.2. The molecular weight excluding hydrogens is 226 g/mol. The summed E-state index contributed by atoms with van der Waals surface area (Å²) in [7, 11) is 0. The van der Waals surface area contributed by atoms with Crippen LogP contribution in [0.15, 0.2) is 24.3 Å². The molecule has 0 saturated carbocycles. The van der Waals surface area contributed by atoms with Crippen LogP contribution in [-0.4, -0.2) is 31.6 Å². The highest BCUT2D eigenvalue weighted by Crippen LogP contribution is 2.21. The molecule has 1 aliphatic heterocycles. The average molecular weight is 247 g/mol. The largest absolute Gasteiger partial charge is 0.359 e. The van der Waals surface area contributed by atoms with E-state index in [0.717, 1.165) is 25.2 Å². The van der Waals surface area contributed by atoms with Gasteiger partial charge in [0.05, 0.1) is 0 Å². The maximum absolute atomic E-state index is 12.1. The van der Waals surface area contributed by atoms with Gasteiger partial charge in [0.25, 0.3) is 0 Å². The van der Waals surface area contributed by atoms with Gasteiger partial charge in [0, 0.05) is 18.8 Å². The number of carbonyl (C=O) groups is 1. The van der Waals surface area contributed by atoms with E-state index in [4.69, 9.17) is 5.73 Å². The standard InChI is InChI=1S/C14H21N3O/c1-11-4-2-5-12(10-11)17-9-3-8-16-14(18)13(17)6-7-15/h2,4-5,10,13H,3,6-9,15H2,1H3,(H,16,18). The number of nitrogens with zero attached hydrogens (tertiary/aromatic N) is 1. The molecule has 0 radical (unpaired) electrons. The first-order valence-corrected chi connectivity index (χ1v) is 6.53. The third-order valence-corrected chi connectivity index (χ3v) is 3.33. The zero-order valence-electron chi connectivity index (χ0n) is 10.9. The predicted octanol–water partition coefficient (Wildman–Crippen LogP) is 1.04. The van der Waals surface area contributed by atoms with Gasteiger partial charge in [0.2, 0.25) is 5.91 Å². The number of carbonyl (C=O) groups excluding carboxylic acids is 1. The summed E-state index contributed by atoms with van der Waals surface area (Å²) < 4.78 is 0. The minimum Gasteiger partial charge on any atom is -0.359 e. The fourth-order valence-corrected chi connectivity index (χ4v) is 2.44. The molecule has 0 bridgehead atoms. The van der Waals surface area contributed by atoms with Crippen LogP contribution in [0.5, 0.6) is 0 Å². The van der Waals surface area contributed by atoms with Gasteiger partial charge in [-0.05, 0) is 44.0 Å². The molecule has 2 rings (SSSR count). The van der Waals surface area contributed by atoms with Crippen LogP contribution < -0.4 is 16.0 Å². The summed E-state index contributed by atoms with van der Waals surface area (Å²) in [5.74, 6) is 0.0967. The van der Waals surface area contributed by atoms with Gasteiger partial charge in [0.15, 0.2) is 0 Å². The van der Waals surface area contributed by atoms with Crippen LogP contribution in [0.25, 0.3) is 0 Å². The molecule has 3 N–H and O–H groups in total. The van der Waals surface area contributed by atoms with Crippen molar-refractivity contribution in [1.82, 2.24) is 5.32 Å². The Morgan fingerprint density at radius 1 is 1.50 bits per heavy atom. The number of benzene rings is 1. The van der Waals surface area contributed by atoms with Crippen molar-refractivity contribution in [1.29, 1.82) is 0 Å². The van der Waals surface area contributed by atoms with E-state index >= 15 is 0 Å². The Morgan fingerprint density at radius 2 is 2.33 bits per heavy atom. The van der Waals surface area contributed by atoms with Crippen LogP contribution in [-0.2, 0) is 4.79 Å². The molecule has 4 nitrogen and oxygen atoms in total. The summed E-state index contributed by atoms with van der Waals surface area (Å²) in [5.41, 5.74) is 7.96. The number of rotatable bonds is 3. The van der Waals surface area contributed by atoms with E-state index in [1.165, 1.54) is 5.56 Å². The summed E-state index contributed by atoms with van der Waals surface area (Å²) in [4.78, 5) is 14.2. The van der Waals surface area contributed by atoms with Gasteiger partial charge in [-0.15, -0.1) is 0 Å². The molecule has 0 spiro atoms. The minimum absolute atomic E-state index is 0.0967. The lowest BCUT2D eigenvalue weighted by Crippen LogP contribution is -2.45. The molecule has 1 aromatic rings. The normalized spacial score (nSPS) is 20.4. The van der Waals surface area contributed by atoms with Gasteiger partial charge in [0.1, 0.15) is 6.04 Å². The number of anilines is 1. The number of amides is 1. The Hall–Kier alpha value is -1.55. The SMILES string of the molecule is Cc1cccc(N2CCCNC(=O)C2CCN)c1. The zero-order chi connectivity index (χ0) is 13.0. The molecule has 1 aromatic carbocycles. The molecular formula is C14H21N3O. The third kappa shape index (κ3) is 2.82. The van der Waals surface area contributed by atoms with E-state index in [1.807, 2.05) is 6.07 Å². The van der Waals surface area contributed by atoms with Crippen LogP contribution in [0.2, 0.25) is 0 Å². The number of aryl methyl sites for hydroxylation is 1. The first-order chi connectivity index (χ1) is 8.72. The molecule has 1 amide bonds. The van der Waals surface area contributed by atoms with Crippen LogP contribution in [0.1, 0.15) is 18.4 Å². The van der Waals surface area contributed by atoms with Gasteiger partial charge in [-0.3, -0.25) is 4.79 Å². The molecule has 1 saturated heterocycles. The molecule has 1 heterocycles. The minimum atomic E-state index is -0.140. The number of nitrogens with two attached hydrogens (primary N) is 1. The average Bonchev–Trinajstić information content (AvgIpc) is 2.53. The van der Waals surface area contributed by atoms with E-state index in [9.17, 15) is 4.79 Å². The van der Waals surface area contributed by atoms with Crippen molar-refractivity contribution < 1.29 is 4.79 Å². The Morgan fingerprint density at radius 3 is 3.06 bits per heavy atom. The van der Waals surface area contributed by atoms with Crippen molar-refractivity contribution in [3.63, 3.8) is 0 Å². The summed E-state index contributed by atoms with van der Waals surface area (Å²) in [6, 6.07) is 8.16. The van der Waals surface area contributed by atoms with Crippen LogP contribution in [0.3, 0.4) is 0 Å². The van der Waals surface area contributed by atoms with E-state index in [0.29, 0.717) is 13.0 Å². The summed E-state index contributed by atoms with van der Waals surface area (Å²) in [5, 5.41) is 2.96. The van der Waals surface area contributed by atoms with Crippen molar-refractivity contribution >= 4 is 11.6 Å². The van der Waals surface area contributed by atoms with Gasteiger partial charge < -0.3 is 16.0 Å². The Balaban J connectivity index is 2.28. The second kappa shape index (κ2) is 5.87. The lowest BCUT2D eigenvalue weighted by atomic mass is 10.1. The second-order valence-electron chi connectivity index (χ2n) is 4.77. The second-order valence-corrected chi connectivity index (χ2v) is 4.77. The van der Waals surface area contributed by atoms with Crippen molar-refractivity contribution in [3.05, 3.63) is 29.8 Å². The maximum Gasteiger partial charge on any atom is 0.242 e. The smallest absolute Gasteiger partial charge is 0.242 e. The third-order valence-electron chi connectivity index (χ3n) is 3.33. The fourth-order valence-electron chi connectivity index (χ4n) is 2.44. The Labute approximate surface area is 108 Å². The lowest BCUT2D eigenvalue weighted by Gasteiger charge is -2.30. The number of hydrogen-bond acceptors (Lipinski definition) is 3. The van der Waals surface area contributed by atoms with Gasteiger partial charge >= 0.3 is 0 Å². The maximum atomic E-state index is 12.1. The quantitative estimate of drug-likeness (QED) is 0.839. The molecule has 1 unspecified atom stereocenters. The fraction of sp³-hybridized carbons (Fsp3) is 0.500. The molecule has 18 heavy (non-hydrogen) atoms. The lowest BCUT2D eigenvalue weighted by molar-refractivity contribution is -0.122. The van der Waals surface area contributed by atoms with Gasteiger partial charge in [-0.25, -0.2) is 0 Å². The van der Waals surface area contributed by atoms with Crippen LogP contribution >= 0.6 is 0 Å². The summed E-state index contributed by atoms with van der Waals surface area (Å²) in [6.07, 6.45) is 1.67. The van der Waals surface area contributed by atoms with Crippen molar-refractivity contribution in [2.24, 2.45) is 5.73 Å². The highest BCUT2D eigenvalue weighted by molar-refractivity contribution is 5.85. The molecule has 4 heteroatoms. The topological polar surface area (TPSA) is 58.4 Å². The Bertz CT molecular complexity index is 419. The van der Waals surface area contributed by atoms with E-state index in [-0.39, 0.29) is 11.9 Å². The molecule has 98 valence electrons. The predicted molar refractivity (Wildman–Crippen MR) is 73.6 cm³/mol. The highest BCUT2D eigenvalue weighted by Gasteiger charge is 2.27. The molecule has 1 aliphatic rings. The van der Waals surface area contributed by atoms with E-state index in [2.05, 4.69) is 35.3 Å². The van der Waals surface area contributed by atoms with E-state index < -0.39 is 0 Å². The first kappa shape index (κ1) is 12.9. The van der Waals surface area contributed by atoms with Gasteiger partial charge in [-0.1, -0.05) is 12.1 Å². The number of nitrogens with one attached hydrogen (secondary N) is 1. The summed E-state index contributed by atoms with van der Waals surface area (Å²) in [6.45, 7) is 4.24. The van der Waals surface area contributed by atoms with Gasteiger partial charge in [-0.2, -0.15) is 0 Å². The summed E-state index contributed by atoms with van der Waals surface area (Å²) >= 11 is 0.